The first-order valence-corrected chi connectivity index (χ1v) is 9.03. The fourth-order valence-electron chi connectivity index (χ4n) is 2.54. The molecule has 0 heterocycles. The molecule has 128 valence electrons. The number of aryl methyl sites for hydroxylation is 1. The van der Waals surface area contributed by atoms with Crippen molar-refractivity contribution in [3.8, 4) is 0 Å². The molecule has 0 aromatic heterocycles. The molecular weight excluding hydrogens is 356 g/mol. The highest BCUT2D eigenvalue weighted by Gasteiger charge is 2.36. The minimum absolute atomic E-state index is 0.163. The Balaban J connectivity index is 2.95. The highest BCUT2D eigenvalue weighted by atomic mass is 79.9. The average molecular weight is 383 g/mol. The van der Waals surface area contributed by atoms with Gasteiger partial charge in [0, 0.05) is 6.92 Å². The third-order valence-corrected chi connectivity index (χ3v) is 4.87. The normalized spacial score (nSPS) is 14.2. The van der Waals surface area contributed by atoms with Gasteiger partial charge in [-0.1, -0.05) is 59.6 Å². The number of carbonyl (C=O) groups is 2. The number of rotatable bonds is 8. The minimum Gasteiger partial charge on any atom is -0.465 e. The first-order valence-electron chi connectivity index (χ1n) is 7.90. The third-order valence-electron chi connectivity index (χ3n) is 4.36. The summed E-state index contributed by atoms with van der Waals surface area (Å²) in [6, 6.07) is 8.13. The molecule has 0 amide bonds. The van der Waals surface area contributed by atoms with Crippen LogP contribution in [-0.4, -0.2) is 23.7 Å². The lowest BCUT2D eigenvalue weighted by atomic mass is 9.71. The Hall–Kier alpha value is -1.16. The van der Waals surface area contributed by atoms with Crippen molar-refractivity contribution in [2.24, 2.45) is 5.41 Å². The van der Waals surface area contributed by atoms with Crippen LogP contribution in [-0.2, 0) is 19.7 Å². The van der Waals surface area contributed by atoms with Crippen molar-refractivity contribution in [1.29, 1.82) is 0 Å². The van der Waals surface area contributed by atoms with E-state index in [1.807, 2.05) is 32.0 Å². The minimum atomic E-state index is -0.539. The summed E-state index contributed by atoms with van der Waals surface area (Å²) < 4.78 is 5.15. The van der Waals surface area contributed by atoms with Gasteiger partial charge in [-0.2, -0.15) is 0 Å². The van der Waals surface area contributed by atoms with Crippen LogP contribution in [0.2, 0.25) is 0 Å². The number of esters is 1. The topological polar surface area (TPSA) is 43.4 Å². The second kappa shape index (κ2) is 8.09. The van der Waals surface area contributed by atoms with Crippen LogP contribution in [0.25, 0.3) is 0 Å². The Labute approximate surface area is 147 Å². The van der Waals surface area contributed by atoms with Gasteiger partial charge in [0.2, 0.25) is 0 Å². The summed E-state index contributed by atoms with van der Waals surface area (Å²) in [4.78, 5) is 23.6. The molecule has 0 spiro atoms. The van der Waals surface area contributed by atoms with Crippen LogP contribution >= 0.6 is 15.9 Å². The van der Waals surface area contributed by atoms with Gasteiger partial charge in [0.25, 0.3) is 0 Å². The summed E-state index contributed by atoms with van der Waals surface area (Å²) in [5.41, 5.74) is 1.49. The number of ketones is 1. The van der Waals surface area contributed by atoms with Crippen molar-refractivity contribution in [2.45, 2.75) is 52.9 Å². The Morgan fingerprint density at radius 2 is 1.83 bits per heavy atom. The van der Waals surface area contributed by atoms with Crippen molar-refractivity contribution in [1.82, 2.24) is 0 Å². The van der Waals surface area contributed by atoms with Crippen LogP contribution in [0.5, 0.6) is 0 Å². The maximum Gasteiger partial charge on any atom is 0.302 e. The molecule has 0 saturated carbocycles. The van der Waals surface area contributed by atoms with Crippen molar-refractivity contribution >= 4 is 27.7 Å². The van der Waals surface area contributed by atoms with Gasteiger partial charge in [-0.3, -0.25) is 9.59 Å². The summed E-state index contributed by atoms with van der Waals surface area (Å²) in [7, 11) is 0. The van der Waals surface area contributed by atoms with E-state index < -0.39 is 5.41 Å². The summed E-state index contributed by atoms with van der Waals surface area (Å²) in [5.74, 6) is -0.0950. The molecule has 0 N–H and O–H groups in total. The van der Waals surface area contributed by atoms with Gasteiger partial charge in [-0.15, -0.1) is 0 Å². The standard InChI is InChI=1S/C19H27BrO3/c1-14-7-6-8-16(11-14)19(5,17(22)12-20)10-9-18(3,4)13-23-15(2)21/h6-8,11H,9-10,12-13H2,1-5H3. The summed E-state index contributed by atoms with van der Waals surface area (Å²) in [6.45, 7) is 9.95. The molecule has 0 saturated heterocycles. The fourth-order valence-corrected chi connectivity index (χ4v) is 3.16. The molecule has 1 atom stereocenters. The van der Waals surface area contributed by atoms with Crippen molar-refractivity contribution < 1.29 is 14.3 Å². The number of halogens is 1. The number of ether oxygens (including phenoxy) is 1. The average Bonchev–Trinajstić information content (AvgIpc) is 2.50. The van der Waals surface area contributed by atoms with Crippen LogP contribution < -0.4 is 0 Å². The molecular formula is C19H27BrO3. The molecule has 0 aliphatic heterocycles. The monoisotopic (exact) mass is 382 g/mol. The van der Waals surface area contributed by atoms with Gasteiger partial charge < -0.3 is 4.74 Å². The number of hydrogen-bond acceptors (Lipinski definition) is 3. The van der Waals surface area contributed by atoms with Gasteiger partial charge in [-0.25, -0.2) is 0 Å². The lowest BCUT2D eigenvalue weighted by Gasteiger charge is -2.33. The van der Waals surface area contributed by atoms with Gasteiger partial charge in [0.15, 0.2) is 5.78 Å². The van der Waals surface area contributed by atoms with E-state index >= 15 is 0 Å². The maximum atomic E-state index is 12.6. The summed E-state index contributed by atoms with van der Waals surface area (Å²) in [6.07, 6.45) is 1.51. The van der Waals surface area contributed by atoms with Crippen molar-refractivity contribution in [3.63, 3.8) is 0 Å². The van der Waals surface area contributed by atoms with Crippen molar-refractivity contribution in [2.75, 3.05) is 11.9 Å². The summed E-state index contributed by atoms with van der Waals surface area (Å²) >= 11 is 3.32. The first kappa shape index (κ1) is 19.9. The molecule has 1 aromatic rings. The van der Waals surface area contributed by atoms with Crippen LogP contribution in [0.15, 0.2) is 24.3 Å². The second-order valence-electron chi connectivity index (χ2n) is 7.20. The molecule has 0 fully saturated rings. The highest BCUT2D eigenvalue weighted by molar-refractivity contribution is 9.09. The van der Waals surface area contributed by atoms with E-state index in [1.165, 1.54) is 6.92 Å². The Kier molecular flexibility index (Phi) is 7.00. The molecule has 0 aliphatic rings. The van der Waals surface area contributed by atoms with Gasteiger partial charge in [0.1, 0.15) is 0 Å². The summed E-state index contributed by atoms with van der Waals surface area (Å²) in [5, 5.41) is 0.335. The number of carbonyl (C=O) groups excluding carboxylic acids is 2. The van der Waals surface area contributed by atoms with Crippen molar-refractivity contribution in [3.05, 3.63) is 35.4 Å². The molecule has 23 heavy (non-hydrogen) atoms. The van der Waals surface area contributed by atoms with Crippen LogP contribution in [0.1, 0.15) is 51.7 Å². The predicted molar refractivity (Wildman–Crippen MR) is 97.0 cm³/mol. The SMILES string of the molecule is CC(=O)OCC(C)(C)CCC(C)(C(=O)CBr)c1cccc(C)c1. The molecule has 4 heteroatoms. The Bertz CT molecular complexity index is 565. The van der Waals surface area contributed by atoms with Gasteiger partial charge in [0.05, 0.1) is 17.4 Å². The largest absolute Gasteiger partial charge is 0.465 e. The molecule has 0 bridgehead atoms. The second-order valence-corrected chi connectivity index (χ2v) is 7.76. The van der Waals surface area contributed by atoms with E-state index in [1.54, 1.807) is 0 Å². The molecule has 1 unspecified atom stereocenters. The van der Waals surface area contributed by atoms with E-state index in [9.17, 15) is 9.59 Å². The molecule has 1 rings (SSSR count). The fraction of sp³-hybridized carbons (Fsp3) is 0.579. The van der Waals surface area contributed by atoms with E-state index in [0.29, 0.717) is 11.9 Å². The molecule has 1 aromatic carbocycles. The number of benzene rings is 1. The van der Waals surface area contributed by atoms with E-state index in [2.05, 4.69) is 35.8 Å². The molecule has 3 nitrogen and oxygen atoms in total. The zero-order valence-electron chi connectivity index (χ0n) is 14.7. The van der Waals surface area contributed by atoms with Crippen LogP contribution in [0.3, 0.4) is 0 Å². The smallest absolute Gasteiger partial charge is 0.302 e. The zero-order chi connectivity index (χ0) is 17.7. The van der Waals surface area contributed by atoms with Gasteiger partial charge in [-0.05, 0) is 37.7 Å². The third kappa shape index (κ3) is 5.76. The number of alkyl halides is 1. The lowest BCUT2D eigenvalue weighted by Crippen LogP contribution is -2.36. The van der Waals surface area contributed by atoms with E-state index in [4.69, 9.17) is 4.74 Å². The van der Waals surface area contributed by atoms with E-state index in [-0.39, 0.29) is 17.2 Å². The maximum absolute atomic E-state index is 12.6. The predicted octanol–water partition coefficient (Wildman–Crippen LogP) is 4.59. The Morgan fingerprint density at radius 3 is 2.35 bits per heavy atom. The van der Waals surface area contributed by atoms with Crippen LogP contribution in [0, 0.1) is 12.3 Å². The first-order chi connectivity index (χ1) is 10.6. The van der Waals surface area contributed by atoms with Crippen LogP contribution in [0.4, 0.5) is 0 Å². The van der Waals surface area contributed by atoms with E-state index in [0.717, 1.165) is 24.0 Å². The molecule has 0 aliphatic carbocycles. The molecule has 0 radical (unpaired) electrons. The van der Waals surface area contributed by atoms with Gasteiger partial charge >= 0.3 is 5.97 Å². The highest BCUT2D eigenvalue weighted by Crippen LogP contribution is 2.36. The number of hydrogen-bond donors (Lipinski definition) is 0. The zero-order valence-corrected chi connectivity index (χ0v) is 16.3. The number of Topliss-reactive ketones (excluding diaryl/α,β-unsaturated/α-hetero) is 1. The quantitative estimate of drug-likeness (QED) is 0.487. The Morgan fingerprint density at radius 1 is 1.17 bits per heavy atom. The lowest BCUT2D eigenvalue weighted by molar-refractivity contribution is -0.144.